The minimum absolute atomic E-state index is 0.0371. The Bertz CT molecular complexity index is 1010. The van der Waals surface area contributed by atoms with Gasteiger partial charge in [-0.05, 0) is 77.0 Å². The van der Waals surface area contributed by atoms with Crippen molar-refractivity contribution in [3.8, 4) is 11.5 Å². The number of sulfonamides is 1. The Balaban J connectivity index is 3.23. The monoisotopic (exact) mass is 588 g/mol. The van der Waals surface area contributed by atoms with Gasteiger partial charge in [0.05, 0.1) is 32.1 Å². The molecule has 0 aliphatic carbocycles. The zero-order valence-corrected chi connectivity index (χ0v) is 26.8. The summed E-state index contributed by atoms with van der Waals surface area (Å²) >= 11 is 0. The molecule has 0 radical (unpaired) electrons. The number of hydrogen-bond acceptors (Lipinski definition) is 8. The van der Waals surface area contributed by atoms with Gasteiger partial charge in [-0.25, -0.2) is 13.2 Å². The van der Waals surface area contributed by atoms with Gasteiger partial charge >= 0.3 is 6.09 Å². The van der Waals surface area contributed by atoms with E-state index < -0.39 is 33.9 Å². The maximum atomic E-state index is 12.7. The van der Waals surface area contributed by atoms with Gasteiger partial charge in [0.15, 0.2) is 11.5 Å². The maximum absolute atomic E-state index is 12.7. The molecule has 0 fully saturated rings. The van der Waals surface area contributed by atoms with Crippen LogP contribution in [0.1, 0.15) is 66.9 Å². The molecule has 1 aromatic carbocycles. The summed E-state index contributed by atoms with van der Waals surface area (Å²) in [5, 5.41) is 14.1. The first-order chi connectivity index (χ1) is 18.5. The molecule has 3 atom stereocenters. The number of amides is 1. The first-order valence-corrected chi connectivity index (χ1v) is 15.8. The summed E-state index contributed by atoms with van der Waals surface area (Å²) < 4.78 is 48.0. The number of ether oxygens (including phenoxy) is 4. The Hall–Kier alpha value is -2.08. The molecule has 11 heteroatoms. The number of hydrogen-bond donors (Lipinski definition) is 2. The van der Waals surface area contributed by atoms with Gasteiger partial charge in [0, 0.05) is 32.7 Å². The van der Waals surface area contributed by atoms with Crippen LogP contribution in [0.25, 0.3) is 0 Å². The highest BCUT2D eigenvalue weighted by Gasteiger charge is 2.32. The fourth-order valence-electron chi connectivity index (χ4n) is 4.38. The summed E-state index contributed by atoms with van der Waals surface area (Å²) in [4.78, 5) is 12.7. The second-order valence-electron chi connectivity index (χ2n) is 11.9. The number of aliphatic hydroxyl groups excluding tert-OH is 1. The first kappa shape index (κ1) is 35.9. The van der Waals surface area contributed by atoms with Crippen LogP contribution < -0.4 is 14.8 Å². The summed E-state index contributed by atoms with van der Waals surface area (Å²) in [6.45, 7) is 13.9. The number of methoxy groups -OCH3 is 2. The molecule has 1 aromatic rings. The molecule has 0 bridgehead atoms. The molecule has 2 N–H and O–H groups in total. The number of carbonyl (C=O) groups excluding carboxylic acids is 1. The molecule has 0 spiro atoms. The molecule has 0 heterocycles. The van der Waals surface area contributed by atoms with Gasteiger partial charge < -0.3 is 29.4 Å². The number of nitrogens with one attached hydrogen (secondary N) is 1. The molecular weight excluding hydrogens is 536 g/mol. The molecule has 0 aromatic heterocycles. The number of benzene rings is 1. The first-order valence-electron chi connectivity index (χ1n) is 13.9. The van der Waals surface area contributed by atoms with Crippen molar-refractivity contribution in [3.05, 3.63) is 23.8 Å². The third-order valence-electron chi connectivity index (χ3n) is 6.51. The molecule has 10 nitrogen and oxygen atoms in total. The van der Waals surface area contributed by atoms with Crippen LogP contribution >= 0.6 is 0 Å². The van der Waals surface area contributed by atoms with Gasteiger partial charge in [-0.1, -0.05) is 19.9 Å². The predicted molar refractivity (Wildman–Crippen MR) is 157 cm³/mol. The van der Waals surface area contributed by atoms with E-state index in [1.165, 1.54) is 4.31 Å². The lowest BCUT2D eigenvalue weighted by Crippen LogP contribution is -2.52. The summed E-state index contributed by atoms with van der Waals surface area (Å²) in [5.41, 5.74) is 0.294. The maximum Gasteiger partial charge on any atom is 0.407 e. The van der Waals surface area contributed by atoms with Crippen molar-refractivity contribution in [3.63, 3.8) is 0 Å². The molecule has 0 aliphatic heterocycles. The Morgan fingerprint density at radius 3 is 2.23 bits per heavy atom. The molecular formula is C29H52N2O8S. The average molecular weight is 589 g/mol. The van der Waals surface area contributed by atoms with E-state index in [1.807, 2.05) is 18.2 Å². The molecule has 1 amide bonds. The van der Waals surface area contributed by atoms with Crippen molar-refractivity contribution in [2.45, 2.75) is 91.5 Å². The Morgan fingerprint density at radius 1 is 1.07 bits per heavy atom. The van der Waals surface area contributed by atoms with Gasteiger partial charge in [-0.3, -0.25) is 0 Å². The topological polar surface area (TPSA) is 124 Å². The Morgan fingerprint density at radius 2 is 1.73 bits per heavy atom. The van der Waals surface area contributed by atoms with Gasteiger partial charge in [-0.15, -0.1) is 0 Å². The quantitative estimate of drug-likeness (QED) is 0.259. The third-order valence-corrected chi connectivity index (χ3v) is 7.93. The van der Waals surface area contributed by atoms with Crippen molar-refractivity contribution >= 4 is 16.1 Å². The molecule has 0 saturated carbocycles. The summed E-state index contributed by atoms with van der Waals surface area (Å²) in [6.07, 6.45) is 1.10. The normalized spacial score (nSPS) is 14.8. The molecule has 0 saturated heterocycles. The standard InChI is InChI=1S/C29H52N2O8S/c1-20(2)23(16-22-12-13-26(37-9)27(17-22)38-15-11-14-36-8)18-24(30-28(33)39-29(5,6)7)25(32)19-31(21(3)4)40(10,34)35/h12-13,17,20-21,23-25,32H,11,14-16,18-19H2,1-10H3,(H,30,33)/t23-,24-,25-/m0/s1. The van der Waals surface area contributed by atoms with Gasteiger partial charge in [0.2, 0.25) is 10.0 Å². The predicted octanol–water partition coefficient (Wildman–Crippen LogP) is 4.24. The van der Waals surface area contributed by atoms with Crippen molar-refractivity contribution in [1.29, 1.82) is 0 Å². The van der Waals surface area contributed by atoms with Crippen LogP contribution in [0.15, 0.2) is 18.2 Å². The highest BCUT2D eigenvalue weighted by molar-refractivity contribution is 7.88. The largest absolute Gasteiger partial charge is 0.493 e. The van der Waals surface area contributed by atoms with E-state index in [4.69, 9.17) is 18.9 Å². The van der Waals surface area contributed by atoms with Crippen LogP contribution in [-0.2, 0) is 25.9 Å². The lowest BCUT2D eigenvalue weighted by Gasteiger charge is -2.34. The van der Waals surface area contributed by atoms with E-state index in [2.05, 4.69) is 19.2 Å². The average Bonchev–Trinajstić information content (AvgIpc) is 2.82. The van der Waals surface area contributed by atoms with Crippen LogP contribution in [0.3, 0.4) is 0 Å². The van der Waals surface area contributed by atoms with E-state index in [-0.39, 0.29) is 24.4 Å². The van der Waals surface area contributed by atoms with Gasteiger partial charge in [0.25, 0.3) is 0 Å². The van der Waals surface area contributed by atoms with Crippen LogP contribution in [0.2, 0.25) is 0 Å². The molecule has 232 valence electrons. The van der Waals surface area contributed by atoms with E-state index >= 15 is 0 Å². The lowest BCUT2D eigenvalue weighted by atomic mass is 9.83. The number of carbonyl (C=O) groups is 1. The van der Waals surface area contributed by atoms with Crippen molar-refractivity contribution in [2.24, 2.45) is 11.8 Å². The SMILES string of the molecule is COCCCOc1cc(C[C@@H](C[C@H](NC(=O)OC(C)(C)C)[C@@H](O)CN(C(C)C)S(C)(=O)=O)C(C)C)ccc1OC. The van der Waals surface area contributed by atoms with Crippen LogP contribution in [0.4, 0.5) is 4.79 Å². The fraction of sp³-hybridized carbons (Fsp3) is 0.759. The smallest absolute Gasteiger partial charge is 0.407 e. The van der Waals surface area contributed by atoms with E-state index in [0.717, 1.165) is 18.2 Å². The second-order valence-corrected chi connectivity index (χ2v) is 13.8. The van der Waals surface area contributed by atoms with Crippen molar-refractivity contribution < 1.29 is 37.3 Å². The summed E-state index contributed by atoms with van der Waals surface area (Å²) in [7, 11) is -0.325. The molecule has 0 aliphatic rings. The zero-order chi connectivity index (χ0) is 30.7. The van der Waals surface area contributed by atoms with Crippen LogP contribution in [-0.4, -0.2) is 87.9 Å². The number of alkyl carbamates (subject to hydrolysis) is 1. The second kappa shape index (κ2) is 16.4. The third kappa shape index (κ3) is 13.1. The number of aliphatic hydroxyl groups is 1. The Labute approximate surface area is 241 Å². The van der Waals surface area contributed by atoms with Crippen molar-refractivity contribution in [2.75, 3.05) is 40.2 Å². The van der Waals surface area contributed by atoms with Crippen molar-refractivity contribution in [1.82, 2.24) is 9.62 Å². The minimum Gasteiger partial charge on any atom is -0.493 e. The van der Waals surface area contributed by atoms with Crippen LogP contribution in [0, 0.1) is 11.8 Å². The number of rotatable bonds is 17. The Kier molecular flexibility index (Phi) is 14.7. The fourth-order valence-corrected chi connectivity index (χ4v) is 5.57. The van der Waals surface area contributed by atoms with E-state index in [0.29, 0.717) is 37.6 Å². The molecule has 0 unspecified atom stereocenters. The number of nitrogens with zero attached hydrogens (tertiary/aromatic N) is 1. The van der Waals surface area contributed by atoms with Crippen LogP contribution in [0.5, 0.6) is 11.5 Å². The summed E-state index contributed by atoms with van der Waals surface area (Å²) in [5.74, 6) is 1.51. The van der Waals surface area contributed by atoms with E-state index in [1.54, 1.807) is 48.8 Å². The van der Waals surface area contributed by atoms with Gasteiger partial charge in [-0.2, -0.15) is 4.31 Å². The highest BCUT2D eigenvalue weighted by atomic mass is 32.2. The summed E-state index contributed by atoms with van der Waals surface area (Å²) in [6, 6.07) is 4.71. The molecule has 1 rings (SSSR count). The minimum atomic E-state index is -3.57. The highest BCUT2D eigenvalue weighted by Crippen LogP contribution is 2.31. The zero-order valence-electron chi connectivity index (χ0n) is 26.0. The van der Waals surface area contributed by atoms with E-state index in [9.17, 15) is 18.3 Å². The lowest BCUT2D eigenvalue weighted by molar-refractivity contribution is 0.0356. The molecule has 40 heavy (non-hydrogen) atoms. The van der Waals surface area contributed by atoms with Gasteiger partial charge in [0.1, 0.15) is 5.60 Å².